The molecule has 4 nitrogen and oxygen atoms in total. The number of benzene rings is 1. The molecule has 88 valence electrons. The highest BCUT2D eigenvalue weighted by Gasteiger charge is 2.22. The summed E-state index contributed by atoms with van der Waals surface area (Å²) in [5.41, 5.74) is 1.23. The first kappa shape index (κ1) is 11.9. The number of hydrogen-bond donors (Lipinski definition) is 2. The van der Waals surface area contributed by atoms with E-state index in [1.165, 1.54) is 0 Å². The van der Waals surface area contributed by atoms with Crippen LogP contribution in [-0.2, 0) is 4.79 Å². The molecule has 17 heavy (non-hydrogen) atoms. The van der Waals surface area contributed by atoms with E-state index < -0.39 is 0 Å². The van der Waals surface area contributed by atoms with Crippen molar-refractivity contribution in [3.05, 3.63) is 28.2 Å². The van der Waals surface area contributed by atoms with E-state index in [2.05, 4.69) is 32.6 Å². The van der Waals surface area contributed by atoms with E-state index in [4.69, 9.17) is 5.26 Å². The van der Waals surface area contributed by atoms with Gasteiger partial charge in [0.15, 0.2) is 0 Å². The Balaban J connectivity index is 2.21. The van der Waals surface area contributed by atoms with Crippen molar-refractivity contribution in [2.75, 3.05) is 11.9 Å². The van der Waals surface area contributed by atoms with Crippen LogP contribution in [0.3, 0.4) is 0 Å². The molecule has 0 saturated carbocycles. The molecule has 0 spiro atoms. The summed E-state index contributed by atoms with van der Waals surface area (Å²) >= 11 is 3.32. The smallest absolute Gasteiger partial charge is 0.242 e. The van der Waals surface area contributed by atoms with Crippen molar-refractivity contribution in [1.82, 2.24) is 5.32 Å². The lowest BCUT2D eigenvalue weighted by atomic mass is 10.1. The summed E-state index contributed by atoms with van der Waals surface area (Å²) in [5, 5.41) is 15.0. The van der Waals surface area contributed by atoms with Gasteiger partial charge < -0.3 is 10.6 Å². The molecule has 1 aliphatic heterocycles. The number of carbonyl (C=O) groups is 1. The van der Waals surface area contributed by atoms with Crippen molar-refractivity contribution in [3.8, 4) is 6.07 Å². The molecular formula is C12H12BrN3O. The molecule has 0 aliphatic carbocycles. The Labute approximate surface area is 108 Å². The zero-order chi connectivity index (χ0) is 12.3. The molecule has 2 N–H and O–H groups in total. The number of anilines is 1. The Kier molecular flexibility index (Phi) is 3.64. The maximum Gasteiger partial charge on any atom is 0.242 e. The Morgan fingerprint density at radius 3 is 3.06 bits per heavy atom. The molecular weight excluding hydrogens is 282 g/mol. The van der Waals surface area contributed by atoms with E-state index in [1.54, 1.807) is 0 Å². The third-order valence-electron chi connectivity index (χ3n) is 2.74. The maximum atomic E-state index is 11.6. The highest BCUT2D eigenvalue weighted by atomic mass is 79.9. The number of amides is 1. The van der Waals surface area contributed by atoms with E-state index in [0.717, 1.165) is 23.9 Å². The van der Waals surface area contributed by atoms with Crippen LogP contribution in [0.1, 0.15) is 18.4 Å². The summed E-state index contributed by atoms with van der Waals surface area (Å²) in [4.78, 5) is 11.6. The van der Waals surface area contributed by atoms with Crippen molar-refractivity contribution in [2.24, 2.45) is 0 Å². The van der Waals surface area contributed by atoms with Gasteiger partial charge in [-0.25, -0.2) is 0 Å². The van der Waals surface area contributed by atoms with Gasteiger partial charge in [-0.15, -0.1) is 0 Å². The number of nitrogens with one attached hydrogen (secondary N) is 2. The molecule has 1 unspecified atom stereocenters. The van der Waals surface area contributed by atoms with Gasteiger partial charge in [-0.2, -0.15) is 5.26 Å². The normalized spacial score (nSPS) is 19.3. The number of piperidine rings is 1. The van der Waals surface area contributed by atoms with E-state index in [1.807, 2.05) is 18.2 Å². The van der Waals surface area contributed by atoms with Gasteiger partial charge in [-0.05, 0) is 40.9 Å². The number of rotatable bonds is 2. The predicted octanol–water partition coefficient (Wildman–Crippen LogP) is 2.01. The first-order valence-corrected chi connectivity index (χ1v) is 6.24. The molecule has 1 atom stereocenters. The lowest BCUT2D eigenvalue weighted by Crippen LogP contribution is -2.44. The molecule has 5 heteroatoms. The van der Waals surface area contributed by atoms with Crippen LogP contribution in [0.25, 0.3) is 0 Å². The maximum absolute atomic E-state index is 11.6. The van der Waals surface area contributed by atoms with Crippen LogP contribution < -0.4 is 10.6 Å². The minimum absolute atomic E-state index is 0.000107. The third kappa shape index (κ3) is 2.59. The minimum atomic E-state index is -0.245. The summed E-state index contributed by atoms with van der Waals surface area (Å²) in [6, 6.07) is 7.34. The molecule has 0 aromatic heterocycles. The molecule has 1 aromatic rings. The van der Waals surface area contributed by atoms with Gasteiger partial charge in [0.25, 0.3) is 0 Å². The molecule has 0 bridgehead atoms. The van der Waals surface area contributed by atoms with Gasteiger partial charge in [-0.3, -0.25) is 4.79 Å². The van der Waals surface area contributed by atoms with Crippen molar-refractivity contribution in [1.29, 1.82) is 5.26 Å². The second-order valence-electron chi connectivity index (χ2n) is 3.90. The highest BCUT2D eigenvalue weighted by Crippen LogP contribution is 2.25. The summed E-state index contributed by atoms with van der Waals surface area (Å²) in [5.74, 6) is 0.000107. The van der Waals surface area contributed by atoms with Crippen LogP contribution in [-0.4, -0.2) is 18.5 Å². The topological polar surface area (TPSA) is 64.9 Å². The van der Waals surface area contributed by atoms with Gasteiger partial charge in [0.1, 0.15) is 12.1 Å². The van der Waals surface area contributed by atoms with Gasteiger partial charge in [0, 0.05) is 11.0 Å². The van der Waals surface area contributed by atoms with Crippen LogP contribution in [0.4, 0.5) is 5.69 Å². The van der Waals surface area contributed by atoms with Crippen LogP contribution >= 0.6 is 15.9 Å². The number of halogens is 1. The van der Waals surface area contributed by atoms with E-state index in [9.17, 15) is 4.79 Å². The summed E-state index contributed by atoms with van der Waals surface area (Å²) in [6.45, 7) is 0.737. The number of hydrogen-bond acceptors (Lipinski definition) is 3. The zero-order valence-electron chi connectivity index (χ0n) is 9.16. The second kappa shape index (κ2) is 5.19. The number of carbonyl (C=O) groups excluding carboxylic acids is 1. The Morgan fingerprint density at radius 1 is 1.53 bits per heavy atom. The predicted molar refractivity (Wildman–Crippen MR) is 68.5 cm³/mol. The Morgan fingerprint density at radius 2 is 2.35 bits per heavy atom. The highest BCUT2D eigenvalue weighted by molar-refractivity contribution is 9.10. The van der Waals surface area contributed by atoms with Gasteiger partial charge >= 0.3 is 0 Å². The lowest BCUT2D eigenvalue weighted by Gasteiger charge is -2.24. The monoisotopic (exact) mass is 293 g/mol. The number of nitrogens with zero attached hydrogens (tertiary/aromatic N) is 1. The first-order valence-electron chi connectivity index (χ1n) is 5.45. The molecule has 0 radical (unpaired) electrons. The van der Waals surface area contributed by atoms with Crippen molar-refractivity contribution in [3.63, 3.8) is 0 Å². The van der Waals surface area contributed by atoms with E-state index in [0.29, 0.717) is 11.3 Å². The largest absolute Gasteiger partial charge is 0.373 e. The average molecular weight is 294 g/mol. The molecule has 1 amide bonds. The summed E-state index contributed by atoms with van der Waals surface area (Å²) < 4.78 is 0.737. The van der Waals surface area contributed by atoms with Crippen molar-refractivity contribution >= 4 is 27.5 Å². The Bertz CT molecular complexity index is 481. The van der Waals surface area contributed by atoms with Crippen LogP contribution in [0, 0.1) is 11.3 Å². The molecule has 2 rings (SSSR count). The van der Waals surface area contributed by atoms with Crippen LogP contribution in [0.5, 0.6) is 0 Å². The number of nitriles is 1. The standard InChI is InChI=1S/C12H12BrN3O/c13-9-3-1-4-10(8(9)7-14)16-11-5-2-6-15-12(11)17/h1,3-4,11,16H,2,5-6H2,(H,15,17). The summed E-state index contributed by atoms with van der Waals surface area (Å²) in [7, 11) is 0. The summed E-state index contributed by atoms with van der Waals surface area (Å²) in [6.07, 6.45) is 1.75. The molecule has 1 aromatic carbocycles. The third-order valence-corrected chi connectivity index (χ3v) is 3.40. The van der Waals surface area contributed by atoms with Gasteiger partial charge in [-0.1, -0.05) is 6.07 Å². The van der Waals surface area contributed by atoms with Crippen molar-refractivity contribution < 1.29 is 4.79 Å². The fourth-order valence-corrected chi connectivity index (χ4v) is 2.31. The van der Waals surface area contributed by atoms with Gasteiger partial charge in [0.2, 0.25) is 5.91 Å². The fraction of sp³-hybridized carbons (Fsp3) is 0.333. The second-order valence-corrected chi connectivity index (χ2v) is 4.76. The van der Waals surface area contributed by atoms with Crippen LogP contribution in [0.2, 0.25) is 0 Å². The van der Waals surface area contributed by atoms with Gasteiger partial charge in [0.05, 0.1) is 11.3 Å². The Hall–Kier alpha value is -1.54. The minimum Gasteiger partial charge on any atom is -0.373 e. The molecule has 1 heterocycles. The fourth-order valence-electron chi connectivity index (χ4n) is 1.86. The SMILES string of the molecule is N#Cc1c(Br)cccc1NC1CCCNC1=O. The van der Waals surface area contributed by atoms with Crippen LogP contribution in [0.15, 0.2) is 22.7 Å². The van der Waals surface area contributed by atoms with E-state index in [-0.39, 0.29) is 11.9 Å². The lowest BCUT2D eigenvalue weighted by molar-refractivity contribution is -0.123. The average Bonchev–Trinajstić information content (AvgIpc) is 2.32. The van der Waals surface area contributed by atoms with E-state index >= 15 is 0 Å². The first-order chi connectivity index (χ1) is 8.22. The zero-order valence-corrected chi connectivity index (χ0v) is 10.8. The molecule has 1 saturated heterocycles. The molecule has 1 aliphatic rings. The molecule has 1 fully saturated rings. The van der Waals surface area contributed by atoms with Crippen molar-refractivity contribution in [2.45, 2.75) is 18.9 Å². The quantitative estimate of drug-likeness (QED) is 0.877.